The molecule has 0 bridgehead atoms. The summed E-state index contributed by atoms with van der Waals surface area (Å²) in [5.41, 5.74) is 2.76. The molecule has 0 aliphatic heterocycles. The van der Waals surface area contributed by atoms with Gasteiger partial charge in [0, 0.05) is 35.1 Å². The smallest absolute Gasteiger partial charge is 0.253 e. The molecule has 1 amide bonds. The Hall–Kier alpha value is -2.87. The van der Waals surface area contributed by atoms with Crippen molar-refractivity contribution >= 4 is 17.2 Å². The molecule has 122 valence electrons. The van der Waals surface area contributed by atoms with Crippen molar-refractivity contribution in [3.05, 3.63) is 63.4 Å². The highest BCUT2D eigenvalue weighted by Crippen LogP contribution is 2.22. The zero-order chi connectivity index (χ0) is 16.9. The molecule has 0 saturated heterocycles. The maximum absolute atomic E-state index is 12.1. The molecule has 24 heavy (non-hydrogen) atoms. The van der Waals surface area contributed by atoms with Crippen LogP contribution in [0.2, 0.25) is 0 Å². The lowest BCUT2D eigenvalue weighted by Crippen LogP contribution is -2.32. The molecule has 0 spiro atoms. The number of nitrogens with one attached hydrogen (secondary N) is 1. The largest absolute Gasteiger partial charge is 0.349 e. The fourth-order valence-electron chi connectivity index (χ4n) is 2.16. The van der Waals surface area contributed by atoms with Gasteiger partial charge in [-0.15, -0.1) is 0 Å². The van der Waals surface area contributed by atoms with E-state index in [4.69, 9.17) is 0 Å². The van der Waals surface area contributed by atoms with Crippen molar-refractivity contribution < 1.29 is 4.79 Å². The quantitative estimate of drug-likeness (QED) is 0.757. The number of hydrogen-bond acceptors (Lipinski definition) is 6. The zero-order valence-corrected chi connectivity index (χ0v) is 13.8. The number of nitrogens with zero attached hydrogens (tertiary/aromatic N) is 4. The van der Waals surface area contributed by atoms with Crippen molar-refractivity contribution in [1.29, 1.82) is 0 Å². The minimum Gasteiger partial charge on any atom is -0.349 e. The molecule has 3 rings (SSSR count). The summed E-state index contributed by atoms with van der Waals surface area (Å²) >= 11 is 1.57. The first kappa shape index (κ1) is 16.0. The van der Waals surface area contributed by atoms with Crippen LogP contribution in [-0.2, 0) is 17.9 Å². The summed E-state index contributed by atoms with van der Waals surface area (Å²) in [5, 5.41) is 6.71. The average Bonchev–Trinajstić information content (AvgIpc) is 3.10. The third-order valence-corrected chi connectivity index (χ3v) is 4.04. The van der Waals surface area contributed by atoms with Crippen LogP contribution in [-0.4, -0.2) is 25.4 Å². The molecule has 0 unspecified atom stereocenters. The molecule has 3 aromatic rings. The van der Waals surface area contributed by atoms with E-state index in [1.54, 1.807) is 30.7 Å². The number of aryl methyl sites for hydroxylation is 1. The van der Waals surface area contributed by atoms with Crippen LogP contribution in [0.3, 0.4) is 0 Å². The molecular formula is C16H15N5O2S. The van der Waals surface area contributed by atoms with Gasteiger partial charge in [-0.2, -0.15) is 11.3 Å². The summed E-state index contributed by atoms with van der Waals surface area (Å²) in [7, 11) is 0. The van der Waals surface area contributed by atoms with E-state index in [1.807, 2.05) is 16.8 Å². The van der Waals surface area contributed by atoms with Crippen LogP contribution in [0.4, 0.5) is 0 Å². The van der Waals surface area contributed by atoms with Crippen LogP contribution in [0, 0.1) is 6.92 Å². The Balaban J connectivity index is 1.68. The van der Waals surface area contributed by atoms with Crippen LogP contribution in [0.5, 0.6) is 0 Å². The molecule has 0 atom stereocenters. The average molecular weight is 341 g/mol. The number of hydrogen-bond donors (Lipinski definition) is 1. The Morgan fingerprint density at radius 3 is 2.88 bits per heavy atom. The van der Waals surface area contributed by atoms with E-state index in [1.165, 1.54) is 17.0 Å². The Morgan fingerprint density at radius 2 is 2.12 bits per heavy atom. The summed E-state index contributed by atoms with van der Waals surface area (Å²) in [6.45, 7) is 1.89. The number of thiophene rings is 1. The van der Waals surface area contributed by atoms with Crippen LogP contribution >= 0.6 is 11.3 Å². The second-order valence-corrected chi connectivity index (χ2v) is 5.92. The summed E-state index contributed by atoms with van der Waals surface area (Å²) < 4.78 is 1.26. The number of carbonyl (C=O) groups excluding carboxylic acids is 1. The van der Waals surface area contributed by atoms with Crippen molar-refractivity contribution in [2.45, 2.75) is 20.0 Å². The van der Waals surface area contributed by atoms with Crippen LogP contribution in [0.1, 0.15) is 11.4 Å². The first-order chi connectivity index (χ1) is 11.6. The van der Waals surface area contributed by atoms with E-state index in [2.05, 4.69) is 20.3 Å². The Labute approximate surface area is 142 Å². The molecule has 0 saturated carbocycles. The molecular weight excluding hydrogens is 326 g/mol. The van der Waals surface area contributed by atoms with Gasteiger partial charge in [0.25, 0.3) is 5.56 Å². The standard InChI is InChI=1S/C16H15N5O2S/c1-11-6-15(23)21(10-20-11)8-14(22)19-7-13-16(18-4-3-17-13)12-2-5-24-9-12/h2-6,9-10H,7-8H2,1H3,(H,19,22). The van der Waals surface area contributed by atoms with Gasteiger partial charge in [-0.3, -0.25) is 24.1 Å². The van der Waals surface area contributed by atoms with Gasteiger partial charge in [-0.1, -0.05) is 0 Å². The third-order valence-electron chi connectivity index (χ3n) is 3.35. The minimum absolute atomic E-state index is 0.0832. The fraction of sp³-hybridized carbons (Fsp3) is 0.188. The van der Waals surface area contributed by atoms with E-state index in [-0.39, 0.29) is 24.6 Å². The van der Waals surface area contributed by atoms with Gasteiger partial charge in [-0.05, 0) is 18.4 Å². The molecule has 8 heteroatoms. The monoisotopic (exact) mass is 341 g/mol. The molecule has 1 N–H and O–H groups in total. The molecule has 7 nitrogen and oxygen atoms in total. The maximum Gasteiger partial charge on any atom is 0.253 e. The van der Waals surface area contributed by atoms with Gasteiger partial charge in [0.2, 0.25) is 5.91 Å². The van der Waals surface area contributed by atoms with Gasteiger partial charge >= 0.3 is 0 Å². The molecule has 3 aromatic heterocycles. The Bertz CT molecular complexity index is 905. The van der Waals surface area contributed by atoms with Crippen molar-refractivity contribution in [2.75, 3.05) is 0 Å². The van der Waals surface area contributed by atoms with Gasteiger partial charge < -0.3 is 5.32 Å². The van der Waals surface area contributed by atoms with Crippen LogP contribution < -0.4 is 10.9 Å². The second-order valence-electron chi connectivity index (χ2n) is 5.14. The van der Waals surface area contributed by atoms with E-state index in [0.29, 0.717) is 11.4 Å². The van der Waals surface area contributed by atoms with E-state index >= 15 is 0 Å². The summed E-state index contributed by atoms with van der Waals surface area (Å²) in [4.78, 5) is 36.5. The topological polar surface area (TPSA) is 89.8 Å². The number of aromatic nitrogens is 4. The first-order valence-corrected chi connectivity index (χ1v) is 8.20. The fourth-order valence-corrected chi connectivity index (χ4v) is 2.81. The molecule has 0 aromatic carbocycles. The summed E-state index contributed by atoms with van der Waals surface area (Å²) in [6, 6.07) is 3.35. The molecule has 3 heterocycles. The lowest BCUT2D eigenvalue weighted by molar-refractivity contribution is -0.121. The highest BCUT2D eigenvalue weighted by Gasteiger charge is 2.10. The predicted molar refractivity (Wildman–Crippen MR) is 90.4 cm³/mol. The molecule has 0 aliphatic carbocycles. The number of rotatable bonds is 5. The maximum atomic E-state index is 12.1. The van der Waals surface area contributed by atoms with Crippen molar-refractivity contribution in [3.8, 4) is 11.3 Å². The predicted octanol–water partition coefficient (Wildman–Crippen LogP) is 1.39. The SMILES string of the molecule is Cc1cc(=O)n(CC(=O)NCc2nccnc2-c2ccsc2)cn1. The highest BCUT2D eigenvalue weighted by atomic mass is 32.1. The Kier molecular flexibility index (Phi) is 4.76. The normalized spacial score (nSPS) is 10.5. The van der Waals surface area contributed by atoms with Crippen molar-refractivity contribution in [2.24, 2.45) is 0 Å². The lowest BCUT2D eigenvalue weighted by atomic mass is 10.2. The highest BCUT2D eigenvalue weighted by molar-refractivity contribution is 7.08. The summed E-state index contributed by atoms with van der Waals surface area (Å²) in [6.07, 6.45) is 4.58. The summed E-state index contributed by atoms with van der Waals surface area (Å²) in [5.74, 6) is -0.287. The third kappa shape index (κ3) is 3.72. The number of amides is 1. The first-order valence-electron chi connectivity index (χ1n) is 7.26. The van der Waals surface area contributed by atoms with Crippen molar-refractivity contribution in [3.63, 3.8) is 0 Å². The zero-order valence-electron chi connectivity index (χ0n) is 13.0. The van der Waals surface area contributed by atoms with E-state index in [0.717, 1.165) is 11.3 Å². The van der Waals surface area contributed by atoms with Crippen LogP contribution in [0.25, 0.3) is 11.3 Å². The number of carbonyl (C=O) groups is 1. The van der Waals surface area contributed by atoms with E-state index < -0.39 is 0 Å². The second kappa shape index (κ2) is 7.14. The van der Waals surface area contributed by atoms with E-state index in [9.17, 15) is 9.59 Å². The molecule has 0 radical (unpaired) electrons. The van der Waals surface area contributed by atoms with Gasteiger partial charge in [0.05, 0.1) is 24.3 Å². The van der Waals surface area contributed by atoms with Crippen molar-refractivity contribution in [1.82, 2.24) is 24.8 Å². The lowest BCUT2D eigenvalue weighted by Gasteiger charge is -2.09. The van der Waals surface area contributed by atoms with Gasteiger partial charge in [0.1, 0.15) is 6.54 Å². The van der Waals surface area contributed by atoms with Crippen LogP contribution in [0.15, 0.2) is 46.4 Å². The molecule has 0 fully saturated rings. The minimum atomic E-state index is -0.287. The van der Waals surface area contributed by atoms with Gasteiger partial charge in [0.15, 0.2) is 0 Å². The van der Waals surface area contributed by atoms with Gasteiger partial charge in [-0.25, -0.2) is 4.98 Å². The molecule has 0 aliphatic rings. The Morgan fingerprint density at radius 1 is 1.29 bits per heavy atom.